The number of amidine groups is 1. The van der Waals surface area contributed by atoms with Gasteiger partial charge in [0.05, 0.1) is 15.9 Å². The number of hydrogen-bond donors (Lipinski definition) is 2. The number of nitrogens with two attached hydrogens (primary N) is 1. The maximum Gasteiger partial charge on any atom is 0.0951 e. The Morgan fingerprint density at radius 2 is 1.77 bits per heavy atom. The molecule has 0 aliphatic carbocycles. The molecule has 0 spiro atoms. The minimum absolute atomic E-state index is 0.00562. The Labute approximate surface area is 91.1 Å². The lowest BCUT2D eigenvalue weighted by atomic mass is 10.1. The van der Waals surface area contributed by atoms with E-state index in [9.17, 15) is 0 Å². The molecule has 2 nitrogen and oxygen atoms in total. The third-order valence-corrected chi connectivity index (χ3v) is 2.70. The Morgan fingerprint density at radius 1 is 1.23 bits per heavy atom. The third kappa shape index (κ3) is 2.50. The van der Waals surface area contributed by atoms with Crippen molar-refractivity contribution in [3.05, 3.63) is 32.8 Å². The zero-order valence-electron chi connectivity index (χ0n) is 6.57. The average molecular weight is 238 g/mol. The summed E-state index contributed by atoms with van der Waals surface area (Å²) in [4.78, 5) is 0. The number of benzene rings is 1. The molecule has 1 aromatic carbocycles. The van der Waals surface area contributed by atoms with Crippen molar-refractivity contribution in [2.75, 3.05) is 0 Å². The molecule has 0 radical (unpaired) electrons. The molecule has 0 amide bonds. The smallest absolute Gasteiger partial charge is 0.0951 e. The highest BCUT2D eigenvalue weighted by atomic mass is 35.5. The Morgan fingerprint density at radius 3 is 2.31 bits per heavy atom. The van der Waals surface area contributed by atoms with E-state index in [-0.39, 0.29) is 12.3 Å². The SMILES string of the molecule is N=C(N)Cc1c(Cl)ccc(Cl)c1Cl. The molecule has 3 N–H and O–H groups in total. The second-order valence-corrected chi connectivity index (χ2v) is 3.72. The van der Waals surface area contributed by atoms with Crippen LogP contribution in [0.25, 0.3) is 0 Å². The summed E-state index contributed by atoms with van der Waals surface area (Å²) in [6.45, 7) is 0. The minimum Gasteiger partial charge on any atom is -0.387 e. The van der Waals surface area contributed by atoms with Crippen LogP contribution in [0.2, 0.25) is 15.1 Å². The van der Waals surface area contributed by atoms with E-state index in [1.165, 1.54) is 0 Å². The molecule has 0 aromatic heterocycles. The summed E-state index contributed by atoms with van der Waals surface area (Å²) >= 11 is 17.5. The van der Waals surface area contributed by atoms with Crippen LogP contribution in [0, 0.1) is 5.41 Å². The molecule has 0 heterocycles. The molecule has 0 saturated carbocycles. The van der Waals surface area contributed by atoms with Gasteiger partial charge in [-0.1, -0.05) is 34.8 Å². The van der Waals surface area contributed by atoms with E-state index in [4.69, 9.17) is 45.9 Å². The van der Waals surface area contributed by atoms with Crippen molar-refractivity contribution in [3.8, 4) is 0 Å². The van der Waals surface area contributed by atoms with Crippen molar-refractivity contribution in [2.45, 2.75) is 6.42 Å². The van der Waals surface area contributed by atoms with Gasteiger partial charge in [0, 0.05) is 11.4 Å². The van der Waals surface area contributed by atoms with E-state index in [0.717, 1.165) is 0 Å². The molecule has 5 heteroatoms. The van der Waals surface area contributed by atoms with Gasteiger partial charge in [-0.25, -0.2) is 0 Å². The maximum absolute atomic E-state index is 7.11. The lowest BCUT2D eigenvalue weighted by Gasteiger charge is -2.06. The van der Waals surface area contributed by atoms with Crippen LogP contribution in [-0.2, 0) is 6.42 Å². The van der Waals surface area contributed by atoms with Gasteiger partial charge in [-0.15, -0.1) is 0 Å². The first-order valence-electron chi connectivity index (χ1n) is 3.47. The minimum atomic E-state index is 0.00562. The van der Waals surface area contributed by atoms with E-state index < -0.39 is 0 Å². The largest absolute Gasteiger partial charge is 0.387 e. The van der Waals surface area contributed by atoms with Crippen molar-refractivity contribution in [3.63, 3.8) is 0 Å². The summed E-state index contributed by atoms with van der Waals surface area (Å²) in [6.07, 6.45) is 0.220. The predicted octanol–water partition coefficient (Wildman–Crippen LogP) is 3.13. The fourth-order valence-corrected chi connectivity index (χ4v) is 1.60. The summed E-state index contributed by atoms with van der Waals surface area (Å²) in [7, 11) is 0. The summed E-state index contributed by atoms with van der Waals surface area (Å²) in [5.41, 5.74) is 5.84. The Bertz CT molecular complexity index is 349. The highest BCUT2D eigenvalue weighted by molar-refractivity contribution is 6.44. The molecule has 0 fully saturated rings. The number of nitrogens with one attached hydrogen (secondary N) is 1. The molecule has 1 rings (SSSR count). The van der Waals surface area contributed by atoms with Crippen LogP contribution in [0.15, 0.2) is 12.1 Å². The van der Waals surface area contributed by atoms with Gasteiger partial charge in [0.2, 0.25) is 0 Å². The molecule has 13 heavy (non-hydrogen) atoms. The second-order valence-electron chi connectivity index (χ2n) is 2.52. The van der Waals surface area contributed by atoms with Crippen molar-refractivity contribution >= 4 is 40.6 Å². The Hall–Kier alpha value is -0.440. The van der Waals surface area contributed by atoms with Crippen LogP contribution < -0.4 is 5.73 Å². The highest BCUT2D eigenvalue weighted by Crippen LogP contribution is 2.31. The second kappa shape index (κ2) is 4.18. The van der Waals surface area contributed by atoms with Crippen LogP contribution in [0.1, 0.15) is 5.56 Å². The van der Waals surface area contributed by atoms with Crippen LogP contribution in [-0.4, -0.2) is 5.84 Å². The van der Waals surface area contributed by atoms with Gasteiger partial charge in [-0.3, -0.25) is 5.41 Å². The monoisotopic (exact) mass is 236 g/mol. The topological polar surface area (TPSA) is 49.9 Å². The standard InChI is InChI=1S/C8H7Cl3N2/c9-5-1-2-6(10)8(11)4(5)3-7(12)13/h1-2H,3H2,(H3,12,13). The first-order valence-corrected chi connectivity index (χ1v) is 4.61. The van der Waals surface area contributed by atoms with E-state index in [1.54, 1.807) is 12.1 Å². The number of hydrogen-bond acceptors (Lipinski definition) is 1. The fourth-order valence-electron chi connectivity index (χ4n) is 0.922. The van der Waals surface area contributed by atoms with Crippen LogP contribution >= 0.6 is 34.8 Å². The molecular formula is C8H7Cl3N2. The van der Waals surface area contributed by atoms with E-state index in [1.807, 2.05) is 0 Å². The number of halogens is 3. The van der Waals surface area contributed by atoms with Crippen LogP contribution in [0.3, 0.4) is 0 Å². The molecule has 0 atom stereocenters. The summed E-state index contributed by atoms with van der Waals surface area (Å²) < 4.78 is 0. The molecule has 0 unspecified atom stereocenters. The summed E-state index contributed by atoms with van der Waals surface area (Å²) in [5.74, 6) is 0.00562. The average Bonchev–Trinajstić information content (AvgIpc) is 2.05. The molecule has 1 aromatic rings. The zero-order valence-corrected chi connectivity index (χ0v) is 8.84. The molecule has 0 aliphatic heterocycles. The maximum atomic E-state index is 7.11. The van der Waals surface area contributed by atoms with Crippen molar-refractivity contribution in [1.82, 2.24) is 0 Å². The van der Waals surface area contributed by atoms with Gasteiger partial charge in [0.25, 0.3) is 0 Å². The van der Waals surface area contributed by atoms with Crippen LogP contribution in [0.5, 0.6) is 0 Å². The lowest BCUT2D eigenvalue weighted by molar-refractivity contribution is 1.25. The predicted molar refractivity (Wildman–Crippen MR) is 57.1 cm³/mol. The summed E-state index contributed by atoms with van der Waals surface area (Å²) in [6, 6.07) is 3.24. The Balaban J connectivity index is 3.17. The first-order chi connectivity index (χ1) is 6.02. The molecule has 0 aliphatic rings. The molecule has 70 valence electrons. The van der Waals surface area contributed by atoms with Gasteiger partial charge >= 0.3 is 0 Å². The van der Waals surface area contributed by atoms with E-state index >= 15 is 0 Å². The van der Waals surface area contributed by atoms with Crippen molar-refractivity contribution in [1.29, 1.82) is 5.41 Å². The normalized spacial score (nSPS) is 10.1. The molecular weight excluding hydrogens is 230 g/mol. The fraction of sp³-hybridized carbons (Fsp3) is 0.125. The van der Waals surface area contributed by atoms with Gasteiger partial charge in [0.1, 0.15) is 0 Å². The van der Waals surface area contributed by atoms with Crippen molar-refractivity contribution in [2.24, 2.45) is 5.73 Å². The van der Waals surface area contributed by atoms with Gasteiger partial charge in [-0.05, 0) is 17.7 Å². The highest BCUT2D eigenvalue weighted by Gasteiger charge is 2.09. The van der Waals surface area contributed by atoms with E-state index in [0.29, 0.717) is 20.6 Å². The van der Waals surface area contributed by atoms with Gasteiger partial charge in [0.15, 0.2) is 0 Å². The van der Waals surface area contributed by atoms with Gasteiger partial charge < -0.3 is 5.73 Å². The van der Waals surface area contributed by atoms with Crippen molar-refractivity contribution < 1.29 is 0 Å². The summed E-state index contributed by atoms with van der Waals surface area (Å²) in [5, 5.41) is 8.37. The lowest BCUT2D eigenvalue weighted by Crippen LogP contribution is -2.13. The van der Waals surface area contributed by atoms with E-state index in [2.05, 4.69) is 0 Å². The van der Waals surface area contributed by atoms with Crippen LogP contribution in [0.4, 0.5) is 0 Å². The Kier molecular flexibility index (Phi) is 3.42. The zero-order chi connectivity index (χ0) is 10.0. The first kappa shape index (κ1) is 10.6. The third-order valence-electron chi connectivity index (χ3n) is 1.51. The molecule has 0 saturated heterocycles. The molecule has 0 bridgehead atoms. The van der Waals surface area contributed by atoms with Gasteiger partial charge in [-0.2, -0.15) is 0 Å². The number of rotatable bonds is 2. The quantitative estimate of drug-likeness (QED) is 0.463.